The Morgan fingerprint density at radius 2 is 2.02 bits per heavy atom. The number of hydrogen-bond donors (Lipinski definition) is 4. The number of aliphatic hydroxyl groups excluding tert-OH is 1. The first-order valence-electron chi connectivity index (χ1n) is 13.2. The number of amides is 3. The fourth-order valence-electron chi connectivity index (χ4n) is 4.81. The topological polar surface area (TPSA) is 133 Å². The SMILES string of the molecule is C=C(I)C(C)(C)[C@H](NC(=O)C1CNCCO1)C(=O)N1C[C@H](O)C[C@H]1C(=O)NCc1ccc(-c2scnc2C)cc1. The number of thiazole rings is 1. The Labute approximate surface area is 252 Å². The Morgan fingerprint density at radius 1 is 1.30 bits per heavy atom. The van der Waals surface area contributed by atoms with Crippen LogP contribution in [0.15, 0.2) is 39.9 Å². The Balaban J connectivity index is 1.45. The highest BCUT2D eigenvalue weighted by Crippen LogP contribution is 2.36. The van der Waals surface area contributed by atoms with Crippen molar-refractivity contribution in [3.05, 3.63) is 51.2 Å². The molecule has 0 aliphatic carbocycles. The number of aromatic nitrogens is 1. The number of likely N-dealkylation sites (tertiary alicyclic amines) is 1. The van der Waals surface area contributed by atoms with E-state index >= 15 is 0 Å². The van der Waals surface area contributed by atoms with E-state index in [1.165, 1.54) is 4.90 Å². The molecule has 2 saturated heterocycles. The number of morpholine rings is 1. The molecule has 4 N–H and O–H groups in total. The summed E-state index contributed by atoms with van der Waals surface area (Å²) in [5, 5.41) is 19.4. The van der Waals surface area contributed by atoms with Crippen LogP contribution in [0.25, 0.3) is 10.4 Å². The number of aliphatic hydroxyl groups is 1. The maximum atomic E-state index is 13.9. The first-order chi connectivity index (χ1) is 19.0. The van der Waals surface area contributed by atoms with E-state index in [0.29, 0.717) is 23.3 Å². The number of carbonyl (C=O) groups is 3. The van der Waals surface area contributed by atoms with Gasteiger partial charge in [-0.25, -0.2) is 4.98 Å². The van der Waals surface area contributed by atoms with E-state index in [1.807, 2.05) is 50.5 Å². The van der Waals surface area contributed by atoms with Crippen LogP contribution in [0, 0.1) is 12.3 Å². The molecule has 0 spiro atoms. The Bertz CT molecular complexity index is 1240. The third kappa shape index (κ3) is 6.90. The van der Waals surface area contributed by atoms with E-state index in [2.05, 4.69) is 50.1 Å². The summed E-state index contributed by atoms with van der Waals surface area (Å²) in [6, 6.07) is 6.02. The first-order valence-corrected chi connectivity index (χ1v) is 15.2. The molecule has 1 unspecified atom stereocenters. The van der Waals surface area contributed by atoms with Crippen molar-refractivity contribution in [2.75, 3.05) is 26.2 Å². The van der Waals surface area contributed by atoms with Crippen molar-refractivity contribution in [1.82, 2.24) is 25.8 Å². The van der Waals surface area contributed by atoms with Gasteiger partial charge in [-0.05, 0) is 44.2 Å². The van der Waals surface area contributed by atoms with Crippen molar-refractivity contribution in [2.45, 2.75) is 58.0 Å². The molecule has 1 aromatic carbocycles. The lowest BCUT2D eigenvalue weighted by atomic mass is 9.83. The minimum absolute atomic E-state index is 0.00251. The molecule has 10 nitrogen and oxygen atoms in total. The van der Waals surface area contributed by atoms with Gasteiger partial charge in [0.25, 0.3) is 5.91 Å². The Morgan fingerprint density at radius 3 is 2.62 bits per heavy atom. The van der Waals surface area contributed by atoms with E-state index in [-0.39, 0.29) is 25.4 Å². The van der Waals surface area contributed by atoms with Crippen LogP contribution in [0.5, 0.6) is 0 Å². The molecule has 12 heteroatoms. The maximum Gasteiger partial charge on any atom is 0.251 e. The molecule has 2 aliphatic rings. The lowest BCUT2D eigenvalue weighted by Gasteiger charge is -2.38. The third-order valence-electron chi connectivity index (χ3n) is 7.47. The summed E-state index contributed by atoms with van der Waals surface area (Å²) in [5.41, 5.74) is 3.93. The molecule has 0 bridgehead atoms. The van der Waals surface area contributed by atoms with Gasteiger partial charge in [0.1, 0.15) is 18.2 Å². The average Bonchev–Trinajstić information content (AvgIpc) is 3.55. The van der Waals surface area contributed by atoms with Gasteiger partial charge in [0.2, 0.25) is 11.8 Å². The zero-order chi connectivity index (χ0) is 29.0. The average molecular weight is 682 g/mol. The lowest BCUT2D eigenvalue weighted by Crippen LogP contribution is -2.61. The molecular formula is C28H36IN5O5S. The predicted octanol–water partition coefficient (Wildman–Crippen LogP) is 2.14. The number of ether oxygens (including phenoxy) is 1. The number of rotatable bonds is 9. The highest BCUT2D eigenvalue weighted by atomic mass is 127. The number of β-amino-alcohol motifs (C(OH)–C–C–N with tert-alkyl or cyclic N) is 1. The van der Waals surface area contributed by atoms with Gasteiger partial charge in [-0.3, -0.25) is 14.4 Å². The largest absolute Gasteiger partial charge is 0.391 e. The number of hydrogen-bond acceptors (Lipinski definition) is 8. The van der Waals surface area contributed by atoms with Gasteiger partial charge < -0.3 is 30.7 Å². The van der Waals surface area contributed by atoms with E-state index in [0.717, 1.165) is 21.7 Å². The van der Waals surface area contributed by atoms with E-state index in [9.17, 15) is 19.5 Å². The van der Waals surface area contributed by atoms with Crippen molar-refractivity contribution in [3.63, 3.8) is 0 Å². The van der Waals surface area contributed by atoms with E-state index < -0.39 is 41.5 Å². The third-order valence-corrected chi connectivity index (χ3v) is 9.84. The van der Waals surface area contributed by atoms with Crippen LogP contribution in [-0.4, -0.2) is 83.2 Å². The summed E-state index contributed by atoms with van der Waals surface area (Å²) in [4.78, 5) is 47.1. The smallest absolute Gasteiger partial charge is 0.251 e. The molecule has 4 rings (SSSR count). The molecule has 2 fully saturated rings. The summed E-state index contributed by atoms with van der Waals surface area (Å²) in [7, 11) is 0. The Hall–Kier alpha value is -2.39. The fourth-order valence-corrected chi connectivity index (χ4v) is 5.93. The number of halogens is 1. The number of aryl methyl sites for hydroxylation is 1. The molecule has 2 aliphatic heterocycles. The zero-order valence-electron chi connectivity index (χ0n) is 22.9. The molecule has 0 saturated carbocycles. The second kappa shape index (κ2) is 13.1. The monoisotopic (exact) mass is 681 g/mol. The fraction of sp³-hybridized carbons (Fsp3) is 0.500. The highest BCUT2D eigenvalue weighted by Gasteiger charge is 2.47. The van der Waals surface area contributed by atoms with Gasteiger partial charge in [0.05, 0.1) is 28.8 Å². The van der Waals surface area contributed by atoms with Crippen molar-refractivity contribution < 1.29 is 24.2 Å². The number of benzene rings is 1. The summed E-state index contributed by atoms with van der Waals surface area (Å²) in [5.74, 6) is -1.21. The first kappa shape index (κ1) is 30.6. The van der Waals surface area contributed by atoms with Gasteiger partial charge in [0, 0.05) is 38.0 Å². The van der Waals surface area contributed by atoms with Gasteiger partial charge in [0.15, 0.2) is 0 Å². The van der Waals surface area contributed by atoms with Crippen LogP contribution in [0.4, 0.5) is 0 Å². The summed E-state index contributed by atoms with van der Waals surface area (Å²) in [6.45, 7) is 11.3. The van der Waals surface area contributed by atoms with Crippen molar-refractivity contribution in [3.8, 4) is 10.4 Å². The van der Waals surface area contributed by atoms with E-state index in [4.69, 9.17) is 4.74 Å². The summed E-state index contributed by atoms with van der Waals surface area (Å²) < 4.78 is 6.24. The van der Waals surface area contributed by atoms with Crippen LogP contribution in [0.3, 0.4) is 0 Å². The van der Waals surface area contributed by atoms with Crippen molar-refractivity contribution in [2.24, 2.45) is 5.41 Å². The van der Waals surface area contributed by atoms with Crippen LogP contribution in [0.1, 0.15) is 31.5 Å². The van der Waals surface area contributed by atoms with Crippen LogP contribution in [-0.2, 0) is 25.7 Å². The van der Waals surface area contributed by atoms with Crippen LogP contribution >= 0.6 is 33.9 Å². The zero-order valence-corrected chi connectivity index (χ0v) is 25.9. The molecule has 4 atom stereocenters. The quantitative estimate of drug-likeness (QED) is 0.299. The minimum Gasteiger partial charge on any atom is -0.391 e. The molecule has 0 radical (unpaired) electrons. The maximum absolute atomic E-state index is 13.9. The normalized spacial score (nSPS) is 22.0. The number of carbonyl (C=O) groups excluding carboxylic acids is 3. The molecule has 2 aromatic rings. The van der Waals surface area contributed by atoms with Gasteiger partial charge in [-0.1, -0.05) is 44.7 Å². The van der Waals surface area contributed by atoms with Gasteiger partial charge >= 0.3 is 0 Å². The molecule has 216 valence electrons. The highest BCUT2D eigenvalue weighted by molar-refractivity contribution is 14.1. The molecule has 1 aromatic heterocycles. The molecule has 3 heterocycles. The minimum atomic E-state index is -1.00. The standard InChI is InChI=1S/C28H36IN5O5S/c1-16-23(40-15-32-16)19-7-5-18(6-8-19)12-31-25(36)21-11-20(35)14-34(21)27(38)24(28(3,4)17(2)29)33-26(37)22-13-30-9-10-39-22/h5-8,15,20-22,24,30,35H,2,9-14H2,1,3-4H3,(H,31,36)(H,33,37)/t20-,21+,22?,24-/m1/s1. The number of nitrogens with one attached hydrogen (secondary N) is 3. The summed E-state index contributed by atoms with van der Waals surface area (Å²) >= 11 is 3.64. The lowest BCUT2D eigenvalue weighted by molar-refractivity contribution is -0.146. The second-order valence-electron chi connectivity index (χ2n) is 10.7. The molecular weight excluding hydrogens is 645 g/mol. The van der Waals surface area contributed by atoms with Gasteiger partial charge in [-0.15, -0.1) is 11.3 Å². The predicted molar refractivity (Wildman–Crippen MR) is 162 cm³/mol. The van der Waals surface area contributed by atoms with Crippen LogP contribution in [0.2, 0.25) is 0 Å². The number of nitrogens with zero attached hydrogens (tertiary/aromatic N) is 2. The second-order valence-corrected chi connectivity index (χ2v) is 12.9. The van der Waals surface area contributed by atoms with E-state index in [1.54, 1.807) is 11.3 Å². The summed E-state index contributed by atoms with van der Waals surface area (Å²) in [6.07, 6.45) is -1.46. The van der Waals surface area contributed by atoms with Gasteiger partial charge in [-0.2, -0.15) is 0 Å². The molecule has 40 heavy (non-hydrogen) atoms. The molecule has 3 amide bonds. The van der Waals surface area contributed by atoms with Crippen LogP contribution < -0.4 is 16.0 Å². The Kier molecular flexibility index (Phi) is 9.98. The van der Waals surface area contributed by atoms with Crippen molar-refractivity contribution in [1.29, 1.82) is 0 Å². The van der Waals surface area contributed by atoms with Crippen molar-refractivity contribution >= 4 is 51.6 Å².